The Morgan fingerprint density at radius 3 is 2.29 bits per heavy atom. The summed E-state index contributed by atoms with van der Waals surface area (Å²) in [6.45, 7) is 1.98. The van der Waals surface area contributed by atoms with Crippen molar-refractivity contribution in [3.63, 3.8) is 0 Å². The zero-order valence-electron chi connectivity index (χ0n) is 13.9. The second-order valence-corrected chi connectivity index (χ2v) is 5.81. The van der Waals surface area contributed by atoms with Crippen LogP contribution in [0, 0.1) is 0 Å². The number of fused-ring (bicyclic) bond motifs is 1. The number of hydrogen-bond acceptors (Lipinski definition) is 3. The van der Waals surface area contributed by atoms with Gasteiger partial charge >= 0.3 is 0 Å². The van der Waals surface area contributed by atoms with Gasteiger partial charge in [0.1, 0.15) is 11.9 Å². The van der Waals surface area contributed by atoms with Gasteiger partial charge in [-0.25, -0.2) is 0 Å². The van der Waals surface area contributed by atoms with E-state index in [1.807, 2.05) is 43.3 Å². The number of rotatable bonds is 3. The van der Waals surface area contributed by atoms with Gasteiger partial charge in [-0.05, 0) is 24.6 Å². The van der Waals surface area contributed by atoms with Gasteiger partial charge in [-0.15, -0.1) is 0 Å². The lowest BCUT2D eigenvalue weighted by molar-refractivity contribution is 0.0958. The van der Waals surface area contributed by atoms with E-state index in [4.69, 9.17) is 4.74 Å². The summed E-state index contributed by atoms with van der Waals surface area (Å²) in [4.78, 5) is 24.4. The first-order valence-corrected chi connectivity index (χ1v) is 7.90. The molecule has 124 valence electrons. The van der Waals surface area contributed by atoms with Gasteiger partial charge in [0.2, 0.25) is 0 Å². The lowest BCUT2D eigenvalue weighted by atomic mass is 9.87. The second-order valence-electron chi connectivity index (χ2n) is 5.81. The average Bonchev–Trinajstić information content (AvgIpc) is 2.95. The van der Waals surface area contributed by atoms with Gasteiger partial charge in [-0.2, -0.15) is 0 Å². The normalized spacial score (nSPS) is 18.5. The molecule has 5 nitrogen and oxygen atoms in total. The largest absolute Gasteiger partial charge is 0.489 e. The smallest absolute Gasteiger partial charge is 0.254 e. The molecular weight excluding hydrogens is 304 g/mol. The van der Waals surface area contributed by atoms with Crippen LogP contribution in [0.4, 0.5) is 0 Å². The molecular formula is C19H20N2O3. The van der Waals surface area contributed by atoms with Gasteiger partial charge in [-0.1, -0.05) is 30.3 Å². The molecule has 1 aliphatic rings. The van der Waals surface area contributed by atoms with Crippen LogP contribution in [0.2, 0.25) is 0 Å². The minimum Gasteiger partial charge on any atom is -0.489 e. The lowest BCUT2D eigenvalue weighted by Crippen LogP contribution is -2.22. The molecule has 2 aromatic rings. The standard InChI is InChI=1S/C19H20N2O3/c1-11-16(12-7-5-4-6-8-12)14-9-13(18(22)20-2)10-15(17(14)24-11)19(23)21-3/h4-11,16H,1-3H3,(H,20,22)(H,21,23)/t11-,16+/m1/s1. The third-order valence-electron chi connectivity index (χ3n) is 4.35. The fourth-order valence-electron chi connectivity index (χ4n) is 3.21. The van der Waals surface area contributed by atoms with E-state index in [2.05, 4.69) is 10.6 Å². The molecule has 0 saturated heterocycles. The summed E-state index contributed by atoms with van der Waals surface area (Å²) in [5.74, 6) is 0.0461. The molecule has 0 aromatic heterocycles. The van der Waals surface area contributed by atoms with E-state index in [0.717, 1.165) is 11.1 Å². The van der Waals surface area contributed by atoms with Crippen molar-refractivity contribution in [3.8, 4) is 5.75 Å². The zero-order valence-corrected chi connectivity index (χ0v) is 13.9. The van der Waals surface area contributed by atoms with E-state index in [-0.39, 0.29) is 23.8 Å². The topological polar surface area (TPSA) is 67.4 Å². The Kier molecular flexibility index (Phi) is 4.25. The highest BCUT2D eigenvalue weighted by Gasteiger charge is 2.36. The Bertz CT molecular complexity index is 787. The van der Waals surface area contributed by atoms with E-state index in [1.165, 1.54) is 0 Å². The predicted molar refractivity (Wildman–Crippen MR) is 91.6 cm³/mol. The number of amides is 2. The first kappa shape index (κ1) is 16.1. The van der Waals surface area contributed by atoms with Crippen molar-refractivity contribution in [1.82, 2.24) is 10.6 Å². The Morgan fingerprint density at radius 2 is 1.67 bits per heavy atom. The van der Waals surface area contributed by atoms with Crippen molar-refractivity contribution < 1.29 is 14.3 Å². The molecule has 0 fully saturated rings. The molecule has 2 N–H and O–H groups in total. The third kappa shape index (κ3) is 2.62. The quantitative estimate of drug-likeness (QED) is 0.910. The average molecular weight is 324 g/mol. The third-order valence-corrected chi connectivity index (χ3v) is 4.35. The van der Waals surface area contributed by atoms with Crippen LogP contribution < -0.4 is 15.4 Å². The van der Waals surface area contributed by atoms with Gasteiger partial charge in [0.05, 0.1) is 5.56 Å². The molecule has 1 heterocycles. The highest BCUT2D eigenvalue weighted by Crippen LogP contribution is 2.44. The minimum absolute atomic E-state index is 0.0192. The number of benzene rings is 2. The van der Waals surface area contributed by atoms with Gasteiger partial charge in [0, 0.05) is 31.1 Å². The van der Waals surface area contributed by atoms with Crippen LogP contribution in [0.25, 0.3) is 0 Å². The molecule has 2 amide bonds. The Hall–Kier alpha value is -2.82. The summed E-state index contributed by atoms with van der Waals surface area (Å²) in [5.41, 5.74) is 2.81. The number of hydrogen-bond donors (Lipinski definition) is 2. The lowest BCUT2D eigenvalue weighted by Gasteiger charge is -2.15. The fourth-order valence-corrected chi connectivity index (χ4v) is 3.21. The molecule has 0 unspecified atom stereocenters. The van der Waals surface area contributed by atoms with Crippen molar-refractivity contribution >= 4 is 11.8 Å². The molecule has 3 rings (SSSR count). The van der Waals surface area contributed by atoms with E-state index < -0.39 is 0 Å². The van der Waals surface area contributed by atoms with Crippen molar-refractivity contribution in [2.24, 2.45) is 0 Å². The molecule has 0 radical (unpaired) electrons. The van der Waals surface area contributed by atoms with Crippen molar-refractivity contribution in [2.75, 3.05) is 14.1 Å². The fraction of sp³-hybridized carbons (Fsp3) is 0.263. The second kappa shape index (κ2) is 6.35. The van der Waals surface area contributed by atoms with Crippen LogP contribution in [0.3, 0.4) is 0 Å². The molecule has 24 heavy (non-hydrogen) atoms. The Morgan fingerprint density at radius 1 is 1.00 bits per heavy atom. The summed E-state index contributed by atoms with van der Waals surface area (Å²) in [6.07, 6.45) is -0.120. The van der Waals surface area contributed by atoms with E-state index in [1.54, 1.807) is 20.2 Å². The van der Waals surface area contributed by atoms with Crippen molar-refractivity contribution in [1.29, 1.82) is 0 Å². The van der Waals surface area contributed by atoms with Crippen molar-refractivity contribution in [2.45, 2.75) is 18.9 Å². The van der Waals surface area contributed by atoms with Crippen LogP contribution in [0.5, 0.6) is 5.75 Å². The summed E-state index contributed by atoms with van der Waals surface area (Å²) in [7, 11) is 3.14. The monoisotopic (exact) mass is 324 g/mol. The molecule has 2 atom stereocenters. The zero-order chi connectivity index (χ0) is 17.3. The Labute approximate surface area is 141 Å². The van der Waals surface area contributed by atoms with E-state index in [9.17, 15) is 9.59 Å². The van der Waals surface area contributed by atoms with E-state index in [0.29, 0.717) is 16.9 Å². The molecule has 0 spiro atoms. The Balaban J connectivity index is 2.20. The van der Waals surface area contributed by atoms with Gasteiger partial charge in [0.15, 0.2) is 0 Å². The maximum Gasteiger partial charge on any atom is 0.254 e. The maximum atomic E-state index is 12.3. The number of nitrogens with one attached hydrogen (secondary N) is 2. The number of carbonyl (C=O) groups excluding carboxylic acids is 2. The van der Waals surface area contributed by atoms with Crippen LogP contribution in [-0.4, -0.2) is 32.0 Å². The van der Waals surface area contributed by atoms with Gasteiger partial charge < -0.3 is 15.4 Å². The summed E-state index contributed by atoms with van der Waals surface area (Å²) < 4.78 is 6.00. The van der Waals surface area contributed by atoms with E-state index >= 15 is 0 Å². The van der Waals surface area contributed by atoms with Gasteiger partial charge in [0.25, 0.3) is 11.8 Å². The van der Waals surface area contributed by atoms with Gasteiger partial charge in [-0.3, -0.25) is 9.59 Å². The SMILES string of the molecule is CNC(=O)c1cc(C(=O)NC)c2c(c1)[C@H](c1ccccc1)[C@@H](C)O2. The van der Waals surface area contributed by atoms with Crippen molar-refractivity contribution in [3.05, 3.63) is 64.7 Å². The molecule has 0 bridgehead atoms. The molecule has 0 aliphatic carbocycles. The molecule has 2 aromatic carbocycles. The molecule has 5 heteroatoms. The number of ether oxygens (including phenoxy) is 1. The first-order valence-electron chi connectivity index (χ1n) is 7.90. The van der Waals surface area contributed by atoms with Crippen LogP contribution in [0.1, 0.15) is 44.7 Å². The highest BCUT2D eigenvalue weighted by atomic mass is 16.5. The first-order chi connectivity index (χ1) is 11.6. The molecule has 0 saturated carbocycles. The molecule has 1 aliphatic heterocycles. The summed E-state index contributed by atoms with van der Waals surface area (Å²) in [5, 5.41) is 5.22. The minimum atomic E-state index is -0.266. The van der Waals surface area contributed by atoms with Crippen LogP contribution in [0.15, 0.2) is 42.5 Å². The van der Waals surface area contributed by atoms with Crippen LogP contribution >= 0.6 is 0 Å². The summed E-state index contributed by atoms with van der Waals surface area (Å²) >= 11 is 0. The maximum absolute atomic E-state index is 12.3. The number of carbonyl (C=O) groups is 2. The summed E-state index contributed by atoms with van der Waals surface area (Å²) in [6, 6.07) is 13.4. The highest BCUT2D eigenvalue weighted by molar-refractivity contribution is 6.02. The van der Waals surface area contributed by atoms with Crippen LogP contribution in [-0.2, 0) is 0 Å². The predicted octanol–water partition coefficient (Wildman–Crippen LogP) is 2.32.